The van der Waals surface area contributed by atoms with Gasteiger partial charge >= 0.3 is 0 Å². The molecular weight excluding hydrogens is 370 g/mol. The van der Waals surface area contributed by atoms with Gasteiger partial charge in [0.1, 0.15) is 5.75 Å². The number of benzene rings is 1. The first-order chi connectivity index (χ1) is 14.2. The summed E-state index contributed by atoms with van der Waals surface area (Å²) in [6, 6.07) is 11.7. The lowest BCUT2D eigenvalue weighted by Gasteiger charge is -2.36. The van der Waals surface area contributed by atoms with E-state index in [0.717, 1.165) is 30.1 Å². The number of anilines is 1. The van der Waals surface area contributed by atoms with Gasteiger partial charge in [0.25, 0.3) is 0 Å². The molecule has 1 fully saturated rings. The Morgan fingerprint density at radius 2 is 1.93 bits per heavy atom. The molecule has 0 radical (unpaired) electrons. The summed E-state index contributed by atoms with van der Waals surface area (Å²) in [5, 5.41) is 3.97. The molecule has 1 amide bonds. The zero-order chi connectivity index (χ0) is 20.1. The van der Waals surface area contributed by atoms with Crippen molar-refractivity contribution < 1.29 is 14.1 Å². The Labute approximate surface area is 169 Å². The average molecular weight is 393 g/mol. The second-order valence-corrected chi connectivity index (χ2v) is 6.82. The van der Waals surface area contributed by atoms with Crippen LogP contribution in [0.25, 0.3) is 11.4 Å². The number of methoxy groups -OCH3 is 1. The van der Waals surface area contributed by atoms with Gasteiger partial charge in [0.05, 0.1) is 7.11 Å². The van der Waals surface area contributed by atoms with E-state index in [4.69, 9.17) is 9.26 Å². The Bertz CT molecular complexity index is 934. The van der Waals surface area contributed by atoms with Crippen molar-refractivity contribution in [1.82, 2.24) is 20.0 Å². The molecule has 1 aliphatic rings. The molecule has 3 heterocycles. The molecule has 1 aromatic carbocycles. The van der Waals surface area contributed by atoms with Crippen LogP contribution in [-0.4, -0.2) is 59.2 Å². The molecule has 0 saturated carbocycles. The van der Waals surface area contributed by atoms with Crippen molar-refractivity contribution in [3.8, 4) is 17.1 Å². The third-order valence-corrected chi connectivity index (χ3v) is 5.01. The highest BCUT2D eigenvalue weighted by Gasteiger charge is 2.22. The number of rotatable bonds is 6. The van der Waals surface area contributed by atoms with Gasteiger partial charge in [-0.1, -0.05) is 5.16 Å². The van der Waals surface area contributed by atoms with E-state index in [-0.39, 0.29) is 5.91 Å². The smallest absolute Gasteiger partial charge is 0.227 e. The Morgan fingerprint density at radius 1 is 1.14 bits per heavy atom. The number of carbonyl (C=O) groups is 1. The minimum absolute atomic E-state index is 0.112. The van der Waals surface area contributed by atoms with Crippen molar-refractivity contribution in [1.29, 1.82) is 0 Å². The highest BCUT2D eigenvalue weighted by atomic mass is 16.5. The fraction of sp³-hybridized carbons (Fsp3) is 0.333. The minimum atomic E-state index is 0.112. The summed E-state index contributed by atoms with van der Waals surface area (Å²) in [7, 11) is 1.66. The molecule has 2 aromatic heterocycles. The summed E-state index contributed by atoms with van der Waals surface area (Å²) in [5.74, 6) is 1.92. The molecule has 1 saturated heterocycles. The maximum absolute atomic E-state index is 12.6. The van der Waals surface area contributed by atoms with Crippen molar-refractivity contribution in [2.24, 2.45) is 0 Å². The van der Waals surface area contributed by atoms with Gasteiger partial charge in [-0.3, -0.25) is 9.78 Å². The van der Waals surface area contributed by atoms with Crippen LogP contribution < -0.4 is 9.64 Å². The zero-order valence-electron chi connectivity index (χ0n) is 16.3. The average Bonchev–Trinajstić information content (AvgIpc) is 3.27. The fourth-order valence-corrected chi connectivity index (χ4v) is 3.35. The van der Waals surface area contributed by atoms with Crippen LogP contribution >= 0.6 is 0 Å². The van der Waals surface area contributed by atoms with Crippen LogP contribution in [-0.2, 0) is 11.2 Å². The highest BCUT2D eigenvalue weighted by Crippen LogP contribution is 2.21. The fourth-order valence-electron chi connectivity index (χ4n) is 3.35. The Hall–Kier alpha value is -3.42. The lowest BCUT2D eigenvalue weighted by atomic mass is 10.2. The van der Waals surface area contributed by atoms with Crippen LogP contribution in [0.2, 0.25) is 0 Å². The van der Waals surface area contributed by atoms with Gasteiger partial charge in [-0.25, -0.2) is 0 Å². The second-order valence-electron chi connectivity index (χ2n) is 6.82. The van der Waals surface area contributed by atoms with Crippen molar-refractivity contribution >= 4 is 11.6 Å². The molecule has 3 aromatic rings. The van der Waals surface area contributed by atoms with Crippen LogP contribution in [0.3, 0.4) is 0 Å². The summed E-state index contributed by atoms with van der Waals surface area (Å²) in [6.07, 6.45) is 4.17. The molecule has 0 unspecified atom stereocenters. The SMILES string of the molecule is COc1ccc(N2CCN(C(=O)CCc3nc(-c4cccnc4)no3)CC2)cc1. The first kappa shape index (κ1) is 18.9. The standard InChI is InChI=1S/C21H23N5O3/c1-28-18-6-4-17(5-7-18)25-11-13-26(14-12-25)20(27)9-8-19-23-21(24-29-19)16-3-2-10-22-15-16/h2-7,10,15H,8-9,11-14H2,1H3. The van der Waals surface area contributed by atoms with Crippen molar-refractivity contribution in [3.63, 3.8) is 0 Å². The summed E-state index contributed by atoms with van der Waals surface area (Å²) in [5.41, 5.74) is 1.94. The lowest BCUT2D eigenvalue weighted by Crippen LogP contribution is -2.48. The topological polar surface area (TPSA) is 84.6 Å². The molecule has 8 heteroatoms. The van der Waals surface area contributed by atoms with Crippen LogP contribution in [0, 0.1) is 0 Å². The molecule has 4 rings (SSSR count). The number of carbonyl (C=O) groups excluding carboxylic acids is 1. The van der Waals surface area contributed by atoms with Crippen molar-refractivity contribution in [3.05, 3.63) is 54.7 Å². The third kappa shape index (κ3) is 4.53. The van der Waals surface area contributed by atoms with Gasteiger partial charge in [-0.15, -0.1) is 0 Å². The van der Waals surface area contributed by atoms with Gasteiger partial charge in [0.2, 0.25) is 17.6 Å². The molecule has 1 aliphatic heterocycles. The normalized spacial score (nSPS) is 14.1. The largest absolute Gasteiger partial charge is 0.497 e. The predicted octanol–water partition coefficient (Wildman–Crippen LogP) is 2.42. The van der Waals surface area contributed by atoms with E-state index in [1.807, 2.05) is 41.3 Å². The predicted molar refractivity (Wildman–Crippen MR) is 108 cm³/mol. The van der Waals surface area contributed by atoms with E-state index < -0.39 is 0 Å². The summed E-state index contributed by atoms with van der Waals surface area (Å²) in [4.78, 5) is 25.2. The minimum Gasteiger partial charge on any atom is -0.497 e. The molecule has 0 N–H and O–H groups in total. The van der Waals surface area contributed by atoms with Crippen LogP contribution in [0.5, 0.6) is 5.75 Å². The Balaban J connectivity index is 1.26. The molecule has 29 heavy (non-hydrogen) atoms. The van der Waals surface area contributed by atoms with Crippen LogP contribution in [0.1, 0.15) is 12.3 Å². The molecule has 0 aliphatic carbocycles. The zero-order valence-corrected chi connectivity index (χ0v) is 16.3. The second kappa shape index (κ2) is 8.72. The van der Waals surface area contributed by atoms with E-state index in [2.05, 4.69) is 20.0 Å². The number of aryl methyl sites for hydroxylation is 1. The van der Waals surface area contributed by atoms with Gasteiger partial charge in [0.15, 0.2) is 0 Å². The van der Waals surface area contributed by atoms with Crippen LogP contribution in [0.15, 0.2) is 53.3 Å². The summed E-state index contributed by atoms with van der Waals surface area (Å²) < 4.78 is 10.5. The van der Waals surface area contributed by atoms with E-state index in [1.165, 1.54) is 0 Å². The van der Waals surface area contributed by atoms with Crippen molar-refractivity contribution in [2.75, 3.05) is 38.2 Å². The number of ether oxygens (including phenoxy) is 1. The van der Waals surface area contributed by atoms with Gasteiger partial charge in [-0.2, -0.15) is 4.98 Å². The maximum atomic E-state index is 12.6. The van der Waals surface area contributed by atoms with E-state index in [1.54, 1.807) is 19.5 Å². The first-order valence-electron chi connectivity index (χ1n) is 9.63. The first-order valence-corrected chi connectivity index (χ1v) is 9.63. The van der Waals surface area contributed by atoms with E-state index in [0.29, 0.717) is 37.6 Å². The molecule has 0 spiro atoms. The number of hydrogen-bond donors (Lipinski definition) is 0. The number of amides is 1. The monoisotopic (exact) mass is 393 g/mol. The number of piperazine rings is 1. The molecule has 8 nitrogen and oxygen atoms in total. The number of nitrogens with zero attached hydrogens (tertiary/aromatic N) is 5. The Kier molecular flexibility index (Phi) is 5.69. The highest BCUT2D eigenvalue weighted by molar-refractivity contribution is 5.76. The van der Waals surface area contributed by atoms with E-state index in [9.17, 15) is 4.79 Å². The Morgan fingerprint density at radius 3 is 2.62 bits per heavy atom. The molecule has 0 atom stereocenters. The molecule has 0 bridgehead atoms. The van der Waals surface area contributed by atoms with Crippen LogP contribution in [0.4, 0.5) is 5.69 Å². The molecular formula is C21H23N5O3. The number of pyridine rings is 1. The maximum Gasteiger partial charge on any atom is 0.227 e. The lowest BCUT2D eigenvalue weighted by molar-refractivity contribution is -0.131. The van der Waals surface area contributed by atoms with Gasteiger partial charge in [-0.05, 0) is 36.4 Å². The molecule has 150 valence electrons. The van der Waals surface area contributed by atoms with Crippen molar-refractivity contribution in [2.45, 2.75) is 12.8 Å². The van der Waals surface area contributed by atoms with Gasteiger partial charge < -0.3 is 19.1 Å². The number of aromatic nitrogens is 3. The van der Waals surface area contributed by atoms with E-state index >= 15 is 0 Å². The summed E-state index contributed by atoms with van der Waals surface area (Å²) in [6.45, 7) is 3.03. The quantitative estimate of drug-likeness (QED) is 0.636. The summed E-state index contributed by atoms with van der Waals surface area (Å²) >= 11 is 0. The van der Waals surface area contributed by atoms with Gasteiger partial charge in [0, 0.05) is 62.7 Å². The third-order valence-electron chi connectivity index (χ3n) is 5.01. The number of hydrogen-bond acceptors (Lipinski definition) is 7.